The first kappa shape index (κ1) is 13.4. The molecular weight excluding hydrogens is 240 g/mol. The molecule has 0 aliphatic carbocycles. The van der Waals surface area contributed by atoms with Crippen LogP contribution in [0, 0.1) is 0 Å². The van der Waals surface area contributed by atoms with Gasteiger partial charge in [0.25, 0.3) is 0 Å². The minimum absolute atomic E-state index is 0.227. The highest BCUT2D eigenvalue weighted by atomic mass is 16.5. The molecule has 2 aromatic heterocycles. The summed E-state index contributed by atoms with van der Waals surface area (Å²) >= 11 is 0. The van der Waals surface area contributed by atoms with E-state index >= 15 is 0 Å². The average molecular weight is 258 g/mol. The first-order chi connectivity index (χ1) is 9.20. The average Bonchev–Trinajstić information content (AvgIpc) is 2.48. The fourth-order valence-electron chi connectivity index (χ4n) is 1.82. The molecule has 1 atom stereocenters. The fourth-order valence-corrected chi connectivity index (χ4v) is 1.82. The van der Waals surface area contributed by atoms with E-state index in [0.29, 0.717) is 5.88 Å². The third-order valence-corrected chi connectivity index (χ3v) is 3.13. The van der Waals surface area contributed by atoms with Crippen molar-refractivity contribution in [2.24, 2.45) is 0 Å². The molecule has 0 N–H and O–H groups in total. The minimum atomic E-state index is 0.227. The molecular formula is C14H18N4O. The van der Waals surface area contributed by atoms with E-state index in [9.17, 15) is 0 Å². The molecule has 0 saturated heterocycles. The van der Waals surface area contributed by atoms with E-state index in [1.165, 1.54) is 0 Å². The summed E-state index contributed by atoms with van der Waals surface area (Å²) in [7, 11) is 3.68. The maximum absolute atomic E-state index is 5.05. The molecule has 0 amide bonds. The Hall–Kier alpha value is -2.01. The summed E-state index contributed by atoms with van der Waals surface area (Å²) < 4.78 is 5.05. The van der Waals surface area contributed by atoms with Crippen LogP contribution in [0.2, 0.25) is 0 Å². The summed E-state index contributed by atoms with van der Waals surface area (Å²) in [4.78, 5) is 14.6. The number of ether oxygens (including phenoxy) is 1. The molecule has 2 rings (SSSR count). The van der Waals surface area contributed by atoms with Crippen LogP contribution in [-0.4, -0.2) is 34.0 Å². The molecule has 0 bridgehead atoms. The van der Waals surface area contributed by atoms with Gasteiger partial charge in [0.2, 0.25) is 5.88 Å². The van der Waals surface area contributed by atoms with Gasteiger partial charge in [0.1, 0.15) is 6.33 Å². The van der Waals surface area contributed by atoms with Crippen molar-refractivity contribution in [1.82, 2.24) is 19.9 Å². The van der Waals surface area contributed by atoms with E-state index in [2.05, 4.69) is 33.8 Å². The molecule has 0 aliphatic heterocycles. The lowest BCUT2D eigenvalue weighted by atomic mass is 10.2. The van der Waals surface area contributed by atoms with Gasteiger partial charge in [0.15, 0.2) is 0 Å². The molecule has 0 radical (unpaired) electrons. The molecule has 0 aromatic carbocycles. The van der Waals surface area contributed by atoms with Crippen LogP contribution in [0.5, 0.6) is 5.88 Å². The van der Waals surface area contributed by atoms with Gasteiger partial charge < -0.3 is 4.74 Å². The van der Waals surface area contributed by atoms with E-state index in [1.54, 1.807) is 19.6 Å². The Morgan fingerprint density at radius 1 is 1.26 bits per heavy atom. The van der Waals surface area contributed by atoms with Gasteiger partial charge in [0.05, 0.1) is 12.8 Å². The molecule has 0 spiro atoms. The van der Waals surface area contributed by atoms with Gasteiger partial charge in [-0.1, -0.05) is 6.07 Å². The maximum Gasteiger partial charge on any atom is 0.212 e. The number of rotatable bonds is 5. The molecule has 5 heteroatoms. The Morgan fingerprint density at radius 3 is 2.68 bits per heavy atom. The van der Waals surface area contributed by atoms with Gasteiger partial charge in [-0.05, 0) is 25.6 Å². The van der Waals surface area contributed by atoms with Crippen molar-refractivity contribution in [1.29, 1.82) is 0 Å². The first-order valence-corrected chi connectivity index (χ1v) is 6.15. The maximum atomic E-state index is 5.05. The van der Waals surface area contributed by atoms with E-state index in [1.807, 2.05) is 24.4 Å². The lowest BCUT2D eigenvalue weighted by Gasteiger charge is -2.24. The molecule has 0 fully saturated rings. The van der Waals surface area contributed by atoms with E-state index in [4.69, 9.17) is 4.74 Å². The van der Waals surface area contributed by atoms with Crippen LogP contribution in [0.25, 0.3) is 0 Å². The normalized spacial score (nSPS) is 12.4. The highest BCUT2D eigenvalue weighted by molar-refractivity contribution is 5.18. The van der Waals surface area contributed by atoms with Gasteiger partial charge in [0, 0.05) is 31.0 Å². The predicted molar refractivity (Wildman–Crippen MR) is 72.7 cm³/mol. The second-order valence-corrected chi connectivity index (χ2v) is 4.43. The van der Waals surface area contributed by atoms with Gasteiger partial charge in [-0.25, -0.2) is 15.0 Å². The smallest absolute Gasteiger partial charge is 0.212 e. The Labute approximate surface area is 113 Å². The van der Waals surface area contributed by atoms with E-state index in [0.717, 1.165) is 17.8 Å². The largest absolute Gasteiger partial charge is 0.481 e. The second kappa shape index (κ2) is 6.24. The van der Waals surface area contributed by atoms with Gasteiger partial charge in [-0.2, -0.15) is 0 Å². The summed E-state index contributed by atoms with van der Waals surface area (Å²) in [6, 6.07) is 6.06. The van der Waals surface area contributed by atoms with Crippen molar-refractivity contribution in [3.8, 4) is 5.88 Å². The van der Waals surface area contributed by atoms with Gasteiger partial charge >= 0.3 is 0 Å². The van der Waals surface area contributed by atoms with Gasteiger partial charge in [-0.15, -0.1) is 0 Å². The molecule has 2 heterocycles. The second-order valence-electron chi connectivity index (χ2n) is 4.43. The number of hydrogen-bond acceptors (Lipinski definition) is 5. The molecule has 0 saturated carbocycles. The van der Waals surface area contributed by atoms with Gasteiger partial charge in [-0.3, -0.25) is 4.90 Å². The van der Waals surface area contributed by atoms with Crippen molar-refractivity contribution in [2.45, 2.75) is 19.5 Å². The molecule has 0 aliphatic rings. The number of nitrogens with zero attached hydrogens (tertiary/aromatic N) is 4. The van der Waals surface area contributed by atoms with Crippen LogP contribution in [0.3, 0.4) is 0 Å². The Kier molecular flexibility index (Phi) is 4.41. The number of hydrogen-bond donors (Lipinski definition) is 0. The van der Waals surface area contributed by atoms with Crippen LogP contribution in [-0.2, 0) is 6.54 Å². The highest BCUT2D eigenvalue weighted by Crippen LogP contribution is 2.18. The lowest BCUT2D eigenvalue weighted by molar-refractivity contribution is 0.248. The lowest BCUT2D eigenvalue weighted by Crippen LogP contribution is -2.22. The van der Waals surface area contributed by atoms with Crippen LogP contribution in [0.1, 0.15) is 24.2 Å². The van der Waals surface area contributed by atoms with E-state index in [-0.39, 0.29) is 6.04 Å². The summed E-state index contributed by atoms with van der Waals surface area (Å²) in [5, 5.41) is 0. The van der Waals surface area contributed by atoms with Crippen LogP contribution in [0.15, 0.2) is 36.9 Å². The SMILES string of the molecule is COc1ccc(CN(C)[C@H](C)c2ccncn2)cn1. The first-order valence-electron chi connectivity index (χ1n) is 6.15. The molecule has 100 valence electrons. The standard InChI is InChI=1S/C14H18N4O/c1-11(13-6-7-15-10-17-13)18(2)9-12-4-5-14(19-3)16-8-12/h4-8,10-11H,9H2,1-3H3/t11-/m1/s1. The van der Waals surface area contributed by atoms with Crippen LogP contribution in [0.4, 0.5) is 0 Å². The zero-order valence-electron chi connectivity index (χ0n) is 11.4. The quantitative estimate of drug-likeness (QED) is 0.821. The predicted octanol–water partition coefficient (Wildman–Crippen LogP) is 2.07. The topological polar surface area (TPSA) is 51.1 Å². The Bertz CT molecular complexity index is 501. The summed E-state index contributed by atoms with van der Waals surface area (Å²) in [5.74, 6) is 0.634. The van der Waals surface area contributed by atoms with Crippen molar-refractivity contribution in [3.05, 3.63) is 48.2 Å². The van der Waals surface area contributed by atoms with Crippen molar-refractivity contribution in [2.75, 3.05) is 14.2 Å². The summed E-state index contributed by atoms with van der Waals surface area (Å²) in [5.41, 5.74) is 2.16. The van der Waals surface area contributed by atoms with E-state index < -0.39 is 0 Å². The van der Waals surface area contributed by atoms with Crippen molar-refractivity contribution < 1.29 is 4.74 Å². The van der Waals surface area contributed by atoms with Crippen LogP contribution >= 0.6 is 0 Å². The van der Waals surface area contributed by atoms with Crippen molar-refractivity contribution in [3.63, 3.8) is 0 Å². The third kappa shape index (κ3) is 3.48. The highest BCUT2D eigenvalue weighted by Gasteiger charge is 2.13. The molecule has 2 aromatic rings. The summed E-state index contributed by atoms with van der Waals surface area (Å²) in [6.45, 7) is 2.93. The zero-order chi connectivity index (χ0) is 13.7. The molecule has 19 heavy (non-hydrogen) atoms. The number of methoxy groups -OCH3 is 1. The Balaban J connectivity index is 2.01. The Morgan fingerprint density at radius 2 is 2.11 bits per heavy atom. The molecule has 5 nitrogen and oxygen atoms in total. The third-order valence-electron chi connectivity index (χ3n) is 3.13. The summed E-state index contributed by atoms with van der Waals surface area (Å²) in [6.07, 6.45) is 5.18. The fraction of sp³-hybridized carbons (Fsp3) is 0.357. The zero-order valence-corrected chi connectivity index (χ0v) is 11.4. The molecule has 0 unspecified atom stereocenters. The van der Waals surface area contributed by atoms with Crippen molar-refractivity contribution >= 4 is 0 Å². The monoisotopic (exact) mass is 258 g/mol. The van der Waals surface area contributed by atoms with Crippen LogP contribution < -0.4 is 4.74 Å². The number of aromatic nitrogens is 3. The minimum Gasteiger partial charge on any atom is -0.481 e. The number of pyridine rings is 1.